The van der Waals surface area contributed by atoms with E-state index in [-0.39, 0.29) is 0 Å². The molecular formula is C44H26O. The summed E-state index contributed by atoms with van der Waals surface area (Å²) < 4.78 is 6.76. The molecule has 1 nitrogen and oxygen atoms in total. The highest BCUT2D eigenvalue weighted by molar-refractivity contribution is 6.30. The fourth-order valence-electron chi connectivity index (χ4n) is 7.72. The van der Waals surface area contributed by atoms with Gasteiger partial charge in [0.2, 0.25) is 0 Å². The molecule has 1 heterocycles. The van der Waals surface area contributed by atoms with E-state index in [9.17, 15) is 0 Å². The van der Waals surface area contributed by atoms with Gasteiger partial charge in [0.15, 0.2) is 0 Å². The monoisotopic (exact) mass is 570 g/mol. The minimum absolute atomic E-state index is 0.914. The Kier molecular flexibility index (Phi) is 5.06. The molecule has 0 saturated carbocycles. The lowest BCUT2D eigenvalue weighted by Crippen LogP contribution is -1.93. The van der Waals surface area contributed by atoms with Crippen molar-refractivity contribution in [2.45, 2.75) is 0 Å². The normalized spacial score (nSPS) is 12.0. The zero-order chi connectivity index (χ0) is 29.5. The molecule has 0 radical (unpaired) electrons. The van der Waals surface area contributed by atoms with E-state index in [4.69, 9.17) is 4.42 Å². The molecule has 0 N–H and O–H groups in total. The van der Waals surface area contributed by atoms with Gasteiger partial charge in [-0.05, 0) is 83.2 Å². The molecule has 0 aliphatic rings. The highest BCUT2D eigenvalue weighted by Crippen LogP contribution is 2.50. The topological polar surface area (TPSA) is 13.1 Å². The lowest BCUT2D eigenvalue weighted by molar-refractivity contribution is 0.670. The molecule has 10 aromatic rings. The van der Waals surface area contributed by atoms with E-state index in [0.29, 0.717) is 0 Å². The Balaban J connectivity index is 1.44. The summed E-state index contributed by atoms with van der Waals surface area (Å²) in [6.45, 7) is 0. The summed E-state index contributed by atoms with van der Waals surface area (Å²) in [5.74, 6) is 0. The van der Waals surface area contributed by atoms with Crippen molar-refractivity contribution in [3.05, 3.63) is 158 Å². The van der Waals surface area contributed by atoms with Crippen molar-refractivity contribution in [3.63, 3.8) is 0 Å². The van der Waals surface area contributed by atoms with Gasteiger partial charge in [0, 0.05) is 21.9 Å². The zero-order valence-electron chi connectivity index (χ0n) is 24.4. The van der Waals surface area contributed by atoms with Crippen LogP contribution in [0.25, 0.3) is 98.1 Å². The highest BCUT2D eigenvalue weighted by Gasteiger charge is 2.23. The standard InChI is InChI=1S/C44H26O/c1-3-15-29-27(13-1)25-38(32-18-6-5-17-31(29)32)41-34-20-7-9-22-36(34)42(37-23-10-8-21-35(37)41)43-30-16-4-2-14-28(30)26-39-33-19-11-12-24-40(33)45-44(39)43/h1-26H. The van der Waals surface area contributed by atoms with Crippen molar-refractivity contribution >= 4 is 75.8 Å². The Morgan fingerprint density at radius 3 is 1.42 bits per heavy atom. The van der Waals surface area contributed by atoms with Gasteiger partial charge in [0.05, 0.1) is 0 Å². The van der Waals surface area contributed by atoms with Crippen LogP contribution in [0.4, 0.5) is 0 Å². The van der Waals surface area contributed by atoms with Crippen molar-refractivity contribution < 1.29 is 4.42 Å². The molecule has 0 atom stereocenters. The van der Waals surface area contributed by atoms with Gasteiger partial charge in [-0.1, -0.05) is 140 Å². The Morgan fingerprint density at radius 1 is 0.289 bits per heavy atom. The Morgan fingerprint density at radius 2 is 0.756 bits per heavy atom. The van der Waals surface area contributed by atoms with Crippen LogP contribution in [-0.4, -0.2) is 0 Å². The lowest BCUT2D eigenvalue weighted by atomic mass is 9.82. The highest BCUT2D eigenvalue weighted by atomic mass is 16.3. The van der Waals surface area contributed by atoms with Gasteiger partial charge >= 0.3 is 0 Å². The van der Waals surface area contributed by atoms with Crippen molar-refractivity contribution in [3.8, 4) is 22.3 Å². The number of benzene rings is 9. The molecule has 0 saturated heterocycles. The quantitative estimate of drug-likeness (QED) is 0.149. The molecule has 0 fully saturated rings. The molecule has 208 valence electrons. The first-order valence-corrected chi connectivity index (χ1v) is 15.5. The van der Waals surface area contributed by atoms with E-state index >= 15 is 0 Å². The summed E-state index contributed by atoms with van der Waals surface area (Å²) in [5.41, 5.74) is 6.76. The van der Waals surface area contributed by atoms with Crippen LogP contribution in [0.1, 0.15) is 0 Å². The maximum Gasteiger partial charge on any atom is 0.143 e. The van der Waals surface area contributed by atoms with Crippen LogP contribution in [0.2, 0.25) is 0 Å². The molecule has 0 amide bonds. The van der Waals surface area contributed by atoms with Crippen molar-refractivity contribution in [2.75, 3.05) is 0 Å². The average Bonchev–Trinajstić information content (AvgIpc) is 3.48. The third-order valence-electron chi connectivity index (χ3n) is 9.61. The first kappa shape index (κ1) is 24.5. The predicted molar refractivity (Wildman–Crippen MR) is 192 cm³/mol. The molecule has 0 aliphatic heterocycles. The molecule has 0 unspecified atom stereocenters. The first-order valence-electron chi connectivity index (χ1n) is 15.5. The van der Waals surface area contributed by atoms with E-state index in [0.717, 1.165) is 27.5 Å². The largest absolute Gasteiger partial charge is 0.455 e. The van der Waals surface area contributed by atoms with Crippen molar-refractivity contribution in [1.29, 1.82) is 0 Å². The lowest BCUT2D eigenvalue weighted by Gasteiger charge is -2.20. The summed E-state index contributed by atoms with van der Waals surface area (Å²) in [6.07, 6.45) is 0. The molecule has 10 rings (SSSR count). The molecule has 0 spiro atoms. The van der Waals surface area contributed by atoms with Crippen LogP contribution in [0.5, 0.6) is 0 Å². The van der Waals surface area contributed by atoms with Gasteiger partial charge in [-0.3, -0.25) is 0 Å². The van der Waals surface area contributed by atoms with Crippen LogP contribution in [0, 0.1) is 0 Å². The number of hydrogen-bond acceptors (Lipinski definition) is 1. The molecule has 0 bridgehead atoms. The molecule has 45 heavy (non-hydrogen) atoms. The zero-order valence-corrected chi connectivity index (χ0v) is 24.4. The van der Waals surface area contributed by atoms with E-state index in [1.54, 1.807) is 0 Å². The summed E-state index contributed by atoms with van der Waals surface area (Å²) in [4.78, 5) is 0. The summed E-state index contributed by atoms with van der Waals surface area (Å²) >= 11 is 0. The second-order valence-electron chi connectivity index (χ2n) is 12.0. The fraction of sp³-hybridized carbons (Fsp3) is 0. The van der Waals surface area contributed by atoms with E-state index in [2.05, 4.69) is 158 Å². The molecular weight excluding hydrogens is 544 g/mol. The maximum absolute atomic E-state index is 6.76. The third-order valence-corrected chi connectivity index (χ3v) is 9.61. The number of fused-ring (bicyclic) bond motifs is 9. The summed E-state index contributed by atoms with van der Waals surface area (Å²) in [5, 5.41) is 14.7. The van der Waals surface area contributed by atoms with Gasteiger partial charge < -0.3 is 4.42 Å². The Hall–Kier alpha value is -5.92. The van der Waals surface area contributed by atoms with Gasteiger partial charge in [0.25, 0.3) is 0 Å². The minimum atomic E-state index is 0.914. The van der Waals surface area contributed by atoms with E-state index in [1.807, 2.05) is 0 Å². The van der Waals surface area contributed by atoms with Crippen molar-refractivity contribution in [1.82, 2.24) is 0 Å². The minimum Gasteiger partial charge on any atom is -0.455 e. The van der Waals surface area contributed by atoms with Gasteiger partial charge in [-0.15, -0.1) is 0 Å². The van der Waals surface area contributed by atoms with Crippen LogP contribution in [-0.2, 0) is 0 Å². The Bertz CT molecular complexity index is 2760. The second-order valence-corrected chi connectivity index (χ2v) is 12.0. The van der Waals surface area contributed by atoms with Gasteiger partial charge in [-0.25, -0.2) is 0 Å². The number of hydrogen-bond donors (Lipinski definition) is 0. The van der Waals surface area contributed by atoms with Crippen LogP contribution >= 0.6 is 0 Å². The molecule has 0 aliphatic carbocycles. The number of furan rings is 1. The smallest absolute Gasteiger partial charge is 0.143 e. The van der Waals surface area contributed by atoms with Gasteiger partial charge in [0.1, 0.15) is 11.2 Å². The van der Waals surface area contributed by atoms with E-state index in [1.165, 1.54) is 70.6 Å². The fourth-order valence-corrected chi connectivity index (χ4v) is 7.72. The number of para-hydroxylation sites is 1. The SMILES string of the molecule is c1ccc2c(-c3c4ccccc4c(-c4cc5ccccc5c5ccccc45)c4ccccc34)c3oc4ccccc4c3cc2c1. The van der Waals surface area contributed by atoms with Crippen molar-refractivity contribution in [2.24, 2.45) is 0 Å². The summed E-state index contributed by atoms with van der Waals surface area (Å²) in [6, 6.07) is 57.3. The maximum atomic E-state index is 6.76. The van der Waals surface area contributed by atoms with Gasteiger partial charge in [-0.2, -0.15) is 0 Å². The predicted octanol–water partition coefficient (Wildman–Crippen LogP) is 12.7. The van der Waals surface area contributed by atoms with E-state index < -0.39 is 0 Å². The van der Waals surface area contributed by atoms with Crippen LogP contribution in [0.3, 0.4) is 0 Å². The third kappa shape index (κ3) is 3.44. The Labute approximate surface area is 259 Å². The molecule has 1 aromatic heterocycles. The molecule has 9 aromatic carbocycles. The first-order chi connectivity index (χ1) is 22.3. The number of rotatable bonds is 2. The van der Waals surface area contributed by atoms with Crippen LogP contribution < -0.4 is 0 Å². The average molecular weight is 571 g/mol. The van der Waals surface area contributed by atoms with Crippen LogP contribution in [0.15, 0.2) is 162 Å². The second kappa shape index (κ2) is 9.29. The summed E-state index contributed by atoms with van der Waals surface area (Å²) in [7, 11) is 0. The molecule has 1 heteroatoms.